The maximum atomic E-state index is 8.49. The molecule has 0 aromatic heterocycles. The minimum atomic E-state index is -0.965. The normalized spacial score (nSPS) is 34.4. The molecule has 1 fully saturated rings. The third-order valence-corrected chi connectivity index (χ3v) is 7.25. The Morgan fingerprint density at radius 2 is 2.17 bits per heavy atom. The van der Waals surface area contributed by atoms with Gasteiger partial charge in [-0.2, -0.15) is 5.26 Å². The second-order valence-electron chi connectivity index (χ2n) is 4.82. The fraction of sp³-hybridized carbons (Fsp3) is 0.889. The molecule has 12 heavy (non-hydrogen) atoms. The minimum Gasteiger partial charge on any atom is -0.198 e. The van der Waals surface area contributed by atoms with Crippen LogP contribution >= 0.6 is 15.9 Å². The summed E-state index contributed by atoms with van der Waals surface area (Å²) in [5.74, 6) is 0. The third-order valence-electron chi connectivity index (χ3n) is 2.71. The van der Waals surface area contributed by atoms with Gasteiger partial charge in [0.15, 0.2) is 0 Å². The number of hydrogen-bond acceptors (Lipinski definition) is 1. The molecule has 3 heteroatoms. The minimum absolute atomic E-state index is 0.354. The largest absolute Gasteiger partial charge is 0.198 e. The number of alkyl halides is 1. The van der Waals surface area contributed by atoms with Crippen LogP contribution in [0.25, 0.3) is 0 Å². The second-order valence-corrected chi connectivity index (χ2v) is 11.8. The second kappa shape index (κ2) is 3.15. The average molecular weight is 246 g/mol. The smallest absolute Gasteiger partial charge is 0.0622 e. The summed E-state index contributed by atoms with van der Waals surface area (Å²) in [5.41, 5.74) is 0.887. The van der Waals surface area contributed by atoms with Crippen LogP contribution in [0.4, 0.5) is 0 Å². The Morgan fingerprint density at radius 1 is 1.58 bits per heavy atom. The van der Waals surface area contributed by atoms with Crippen LogP contribution in [0.15, 0.2) is 0 Å². The number of nitrogens with zero attached hydrogens (tertiary/aromatic N) is 1. The van der Waals surface area contributed by atoms with Gasteiger partial charge < -0.3 is 0 Å². The molecule has 0 saturated heterocycles. The van der Waals surface area contributed by atoms with E-state index in [1.807, 2.05) is 0 Å². The molecule has 1 aliphatic rings. The lowest BCUT2D eigenvalue weighted by Gasteiger charge is -2.18. The molecule has 68 valence electrons. The maximum Gasteiger partial charge on any atom is 0.0622 e. The highest BCUT2D eigenvalue weighted by Gasteiger charge is 2.57. The van der Waals surface area contributed by atoms with Crippen LogP contribution in [0.5, 0.6) is 0 Å². The first-order chi connectivity index (χ1) is 5.40. The van der Waals surface area contributed by atoms with E-state index in [1.165, 1.54) is 6.42 Å². The standard InChI is InChI=1S/C9H16BrNSi/c1-12(2,3)8-7-9(8,10)5-4-6-11/h8H,4-5,7H2,1-3H3/t8-,9+/m1/s1. The summed E-state index contributed by atoms with van der Waals surface area (Å²) in [5, 5.41) is 8.49. The number of halogens is 1. The van der Waals surface area contributed by atoms with Crippen molar-refractivity contribution in [3.63, 3.8) is 0 Å². The summed E-state index contributed by atoms with van der Waals surface area (Å²) in [6, 6.07) is 2.22. The molecule has 0 spiro atoms. The highest BCUT2D eigenvalue weighted by molar-refractivity contribution is 9.10. The Labute approximate surface area is 84.3 Å². The van der Waals surface area contributed by atoms with Gasteiger partial charge in [0, 0.05) is 18.8 Å². The first-order valence-electron chi connectivity index (χ1n) is 4.46. The number of rotatable bonds is 3. The van der Waals surface area contributed by atoms with Crippen LogP contribution in [-0.2, 0) is 0 Å². The molecule has 0 amide bonds. The fourth-order valence-corrected chi connectivity index (χ4v) is 7.46. The summed E-state index contributed by atoms with van der Waals surface area (Å²) in [6.07, 6.45) is 3.04. The summed E-state index contributed by atoms with van der Waals surface area (Å²) in [4.78, 5) is 0. The lowest BCUT2D eigenvalue weighted by molar-refractivity contribution is 0.802. The van der Waals surface area contributed by atoms with E-state index in [2.05, 4.69) is 41.6 Å². The van der Waals surface area contributed by atoms with E-state index < -0.39 is 8.07 Å². The Morgan fingerprint density at radius 3 is 2.50 bits per heavy atom. The molecule has 0 radical (unpaired) electrons. The van der Waals surface area contributed by atoms with Crippen molar-refractivity contribution in [2.45, 2.75) is 48.8 Å². The maximum absolute atomic E-state index is 8.49. The molecule has 1 nitrogen and oxygen atoms in total. The third kappa shape index (κ3) is 2.11. The molecule has 2 atom stereocenters. The Hall–Kier alpha value is 0.187. The molecular weight excluding hydrogens is 230 g/mol. The average Bonchev–Trinajstić information content (AvgIpc) is 2.59. The summed E-state index contributed by atoms with van der Waals surface area (Å²) < 4.78 is 0.354. The molecular formula is C9H16BrNSi. The molecule has 1 rings (SSSR count). The first kappa shape index (κ1) is 10.3. The zero-order valence-electron chi connectivity index (χ0n) is 8.02. The Kier molecular flexibility index (Phi) is 2.70. The molecule has 1 saturated carbocycles. The van der Waals surface area contributed by atoms with E-state index in [0.717, 1.165) is 12.0 Å². The van der Waals surface area contributed by atoms with Crippen molar-refractivity contribution < 1.29 is 0 Å². The van der Waals surface area contributed by atoms with Gasteiger partial charge in [0.1, 0.15) is 0 Å². The van der Waals surface area contributed by atoms with Gasteiger partial charge in [-0.3, -0.25) is 0 Å². The lowest BCUT2D eigenvalue weighted by Crippen LogP contribution is -2.24. The van der Waals surface area contributed by atoms with Gasteiger partial charge in [-0.25, -0.2) is 0 Å². The monoisotopic (exact) mass is 245 g/mol. The van der Waals surface area contributed by atoms with Gasteiger partial charge in [-0.15, -0.1) is 0 Å². The van der Waals surface area contributed by atoms with Crippen molar-refractivity contribution in [1.82, 2.24) is 0 Å². The summed E-state index contributed by atoms with van der Waals surface area (Å²) >= 11 is 3.78. The quantitative estimate of drug-likeness (QED) is 0.552. The van der Waals surface area contributed by atoms with E-state index in [9.17, 15) is 0 Å². The van der Waals surface area contributed by atoms with Crippen LogP contribution in [0, 0.1) is 11.3 Å². The SMILES string of the molecule is C[Si](C)(C)[C@@H]1C[C@@]1(Br)CCC#N. The zero-order chi connectivity index (χ0) is 9.41. The molecule has 0 N–H and O–H groups in total. The highest BCUT2D eigenvalue weighted by Crippen LogP contribution is 2.63. The molecule has 0 aliphatic heterocycles. The van der Waals surface area contributed by atoms with Crippen molar-refractivity contribution in [3.8, 4) is 6.07 Å². The number of hydrogen-bond donors (Lipinski definition) is 0. The fourth-order valence-electron chi connectivity index (χ4n) is 1.90. The first-order valence-corrected chi connectivity index (χ1v) is 8.83. The van der Waals surface area contributed by atoms with Gasteiger partial charge in [0.05, 0.1) is 6.07 Å². The highest BCUT2D eigenvalue weighted by atomic mass is 79.9. The van der Waals surface area contributed by atoms with Crippen molar-refractivity contribution in [2.75, 3.05) is 0 Å². The molecule has 0 bridgehead atoms. The summed E-state index contributed by atoms with van der Waals surface area (Å²) in [7, 11) is -0.965. The molecule has 0 heterocycles. The van der Waals surface area contributed by atoms with Gasteiger partial charge in [-0.05, 0) is 18.4 Å². The van der Waals surface area contributed by atoms with Gasteiger partial charge in [0.25, 0.3) is 0 Å². The molecule has 0 unspecified atom stereocenters. The predicted molar refractivity (Wildman–Crippen MR) is 58.2 cm³/mol. The number of nitriles is 1. The topological polar surface area (TPSA) is 23.8 Å². The Bertz CT molecular complexity index is 216. The van der Waals surface area contributed by atoms with E-state index in [1.54, 1.807) is 0 Å². The Balaban J connectivity index is 2.44. The predicted octanol–water partition coefficient (Wildman–Crippen LogP) is 3.54. The van der Waals surface area contributed by atoms with Crippen LogP contribution in [0.3, 0.4) is 0 Å². The van der Waals surface area contributed by atoms with Crippen LogP contribution < -0.4 is 0 Å². The summed E-state index contributed by atoms with van der Waals surface area (Å²) in [6.45, 7) is 7.23. The van der Waals surface area contributed by atoms with Gasteiger partial charge in [-0.1, -0.05) is 35.6 Å². The van der Waals surface area contributed by atoms with E-state index in [4.69, 9.17) is 5.26 Å². The zero-order valence-corrected chi connectivity index (χ0v) is 10.6. The van der Waals surface area contributed by atoms with Crippen molar-refractivity contribution in [1.29, 1.82) is 5.26 Å². The van der Waals surface area contributed by atoms with E-state index >= 15 is 0 Å². The van der Waals surface area contributed by atoms with E-state index in [0.29, 0.717) is 10.7 Å². The molecule has 0 aromatic carbocycles. The van der Waals surface area contributed by atoms with Crippen molar-refractivity contribution in [3.05, 3.63) is 0 Å². The van der Waals surface area contributed by atoms with Crippen LogP contribution in [0.1, 0.15) is 19.3 Å². The van der Waals surface area contributed by atoms with Crippen molar-refractivity contribution in [2.24, 2.45) is 0 Å². The molecule has 1 aliphatic carbocycles. The van der Waals surface area contributed by atoms with Gasteiger partial charge >= 0.3 is 0 Å². The van der Waals surface area contributed by atoms with Gasteiger partial charge in [0.2, 0.25) is 0 Å². The van der Waals surface area contributed by atoms with Crippen molar-refractivity contribution >= 4 is 24.0 Å². The van der Waals surface area contributed by atoms with Crippen LogP contribution in [0.2, 0.25) is 25.2 Å². The van der Waals surface area contributed by atoms with E-state index in [-0.39, 0.29) is 0 Å². The van der Waals surface area contributed by atoms with Crippen LogP contribution in [-0.4, -0.2) is 12.4 Å². The lowest BCUT2D eigenvalue weighted by atomic mass is 10.2. The molecule has 0 aromatic rings.